The monoisotopic (exact) mass is 526 g/mol. The molecule has 2 aromatic heterocycles. The van der Waals surface area contributed by atoms with Crippen LogP contribution in [0, 0.1) is 11.7 Å². The number of nitrogens with zero attached hydrogens (tertiary/aromatic N) is 6. The predicted octanol–water partition coefficient (Wildman–Crippen LogP) is 1.08. The lowest BCUT2D eigenvalue weighted by Crippen LogP contribution is -2.48. The summed E-state index contributed by atoms with van der Waals surface area (Å²) in [5.74, 6) is -0.768. The first-order chi connectivity index (χ1) is 18.4. The van der Waals surface area contributed by atoms with Crippen LogP contribution in [0.2, 0.25) is 0 Å². The molecule has 0 radical (unpaired) electrons. The number of nitrogens with one attached hydrogen (secondary N) is 1. The Labute approximate surface area is 221 Å². The molecule has 1 aliphatic heterocycles. The summed E-state index contributed by atoms with van der Waals surface area (Å²) >= 11 is 0. The Kier molecular flexibility index (Phi) is 9.21. The van der Waals surface area contributed by atoms with Gasteiger partial charge in [0, 0.05) is 43.9 Å². The van der Waals surface area contributed by atoms with Crippen molar-refractivity contribution < 1.29 is 19.4 Å². The van der Waals surface area contributed by atoms with Crippen LogP contribution in [0.1, 0.15) is 18.9 Å². The summed E-state index contributed by atoms with van der Waals surface area (Å²) in [4.78, 5) is 23.1. The van der Waals surface area contributed by atoms with Gasteiger partial charge in [0.05, 0.1) is 32.0 Å². The number of rotatable bonds is 12. The highest BCUT2D eigenvalue weighted by molar-refractivity contribution is 5.75. The fourth-order valence-electron chi connectivity index (χ4n) is 4.68. The Hall–Kier alpha value is -3.61. The average Bonchev–Trinajstić information content (AvgIpc) is 3.37. The van der Waals surface area contributed by atoms with E-state index in [1.54, 1.807) is 10.9 Å². The number of amides is 1. The Morgan fingerprint density at radius 3 is 2.74 bits per heavy atom. The minimum absolute atomic E-state index is 0.0312. The molecule has 38 heavy (non-hydrogen) atoms. The molecule has 11 nitrogen and oxygen atoms in total. The topological polar surface area (TPSA) is 146 Å². The van der Waals surface area contributed by atoms with Gasteiger partial charge in [-0.05, 0) is 31.0 Å². The molecular formula is C26H35FN8O3. The van der Waals surface area contributed by atoms with E-state index in [4.69, 9.17) is 10.8 Å². The zero-order valence-corrected chi connectivity index (χ0v) is 21.5. The van der Waals surface area contributed by atoms with E-state index >= 15 is 4.39 Å². The van der Waals surface area contributed by atoms with E-state index in [-0.39, 0.29) is 30.7 Å². The van der Waals surface area contributed by atoms with Crippen molar-refractivity contribution in [3.8, 4) is 11.1 Å². The summed E-state index contributed by atoms with van der Waals surface area (Å²) in [6.07, 6.45) is 4.98. The van der Waals surface area contributed by atoms with Crippen molar-refractivity contribution in [1.82, 2.24) is 24.6 Å². The van der Waals surface area contributed by atoms with Gasteiger partial charge in [-0.3, -0.25) is 14.4 Å². The zero-order valence-electron chi connectivity index (χ0n) is 21.5. The molecule has 1 fully saturated rings. The number of aliphatic hydroxyl groups is 2. The lowest BCUT2D eigenvalue weighted by atomic mass is 9.93. The minimum atomic E-state index is -0.654. The second kappa shape index (κ2) is 12.8. The van der Waals surface area contributed by atoms with Gasteiger partial charge in [0.25, 0.3) is 0 Å². The number of aromatic nitrogens is 4. The fourth-order valence-corrected chi connectivity index (χ4v) is 4.68. The van der Waals surface area contributed by atoms with Crippen LogP contribution < -0.4 is 16.0 Å². The fraction of sp³-hybridized carbons (Fsp3) is 0.462. The van der Waals surface area contributed by atoms with Crippen molar-refractivity contribution in [1.29, 1.82) is 0 Å². The lowest BCUT2D eigenvalue weighted by molar-refractivity contribution is -0.120. The highest BCUT2D eigenvalue weighted by Gasteiger charge is 2.28. The van der Waals surface area contributed by atoms with E-state index in [2.05, 4.69) is 20.4 Å². The van der Waals surface area contributed by atoms with Crippen molar-refractivity contribution in [2.75, 3.05) is 49.5 Å². The molecule has 1 aromatic carbocycles. The molecule has 5 N–H and O–H groups in total. The van der Waals surface area contributed by atoms with Gasteiger partial charge in [-0.25, -0.2) is 9.97 Å². The largest absolute Gasteiger partial charge is 0.394 e. The smallest absolute Gasteiger partial charge is 0.231 e. The van der Waals surface area contributed by atoms with Crippen LogP contribution in [0.5, 0.6) is 0 Å². The summed E-state index contributed by atoms with van der Waals surface area (Å²) in [6.45, 7) is 4.87. The highest BCUT2D eigenvalue weighted by Crippen LogP contribution is 2.26. The number of anilines is 2. The molecule has 0 unspecified atom stereocenters. The molecule has 0 saturated carbocycles. The predicted molar refractivity (Wildman–Crippen MR) is 142 cm³/mol. The summed E-state index contributed by atoms with van der Waals surface area (Å²) in [5, 5.41) is 26.8. The van der Waals surface area contributed by atoms with E-state index in [1.807, 2.05) is 47.2 Å². The minimum Gasteiger partial charge on any atom is -0.394 e. The molecule has 3 heterocycles. The van der Waals surface area contributed by atoms with Crippen LogP contribution in [0.15, 0.2) is 43.0 Å². The lowest BCUT2D eigenvalue weighted by Gasteiger charge is -2.35. The van der Waals surface area contributed by atoms with Crippen LogP contribution in [0.3, 0.4) is 0 Å². The number of carbonyl (C=O) groups excluding carboxylic acids is 1. The number of nitrogens with two attached hydrogens (primary N) is 1. The van der Waals surface area contributed by atoms with Gasteiger partial charge < -0.3 is 26.2 Å². The molecule has 12 heteroatoms. The molecule has 4 rings (SSSR count). The van der Waals surface area contributed by atoms with Gasteiger partial charge in [0.15, 0.2) is 11.6 Å². The standard InChI is InChI=1S/C26H35FN8O3/c1-2-34(13-18-3-5-19(6-4-18)21-12-32-35(14-21)9-10-36)26-24(27)25(30-17-31-26)29-11-20-7-8-33(15-22(20)37)16-23(28)38/h3-6,12,14,17,20,22,36-37H,2,7-11,13,15-16H2,1H3,(H2,28,38)(H,29,30,31)/t20-,22+/m0/s1. The number of carbonyl (C=O) groups is 1. The maximum Gasteiger partial charge on any atom is 0.231 e. The third kappa shape index (κ3) is 6.82. The maximum atomic E-state index is 15.4. The molecule has 1 amide bonds. The normalized spacial score (nSPS) is 17.9. The van der Waals surface area contributed by atoms with Gasteiger partial charge >= 0.3 is 0 Å². The van der Waals surface area contributed by atoms with Crippen LogP contribution in [-0.2, 0) is 17.9 Å². The van der Waals surface area contributed by atoms with Crippen molar-refractivity contribution in [3.63, 3.8) is 0 Å². The maximum absolute atomic E-state index is 15.4. The molecule has 3 aromatic rings. The number of hydrogen-bond donors (Lipinski definition) is 4. The summed E-state index contributed by atoms with van der Waals surface area (Å²) < 4.78 is 17.1. The third-order valence-electron chi connectivity index (χ3n) is 6.79. The Morgan fingerprint density at radius 2 is 2.05 bits per heavy atom. The molecule has 2 atom stereocenters. The first-order valence-electron chi connectivity index (χ1n) is 12.8. The molecule has 1 aliphatic rings. The van der Waals surface area contributed by atoms with E-state index in [0.29, 0.717) is 45.7 Å². The van der Waals surface area contributed by atoms with Crippen LogP contribution in [0.25, 0.3) is 11.1 Å². The number of aliphatic hydroxyl groups excluding tert-OH is 2. The van der Waals surface area contributed by atoms with Crippen molar-refractivity contribution in [3.05, 3.63) is 54.4 Å². The van der Waals surface area contributed by atoms with Gasteiger partial charge in [0.2, 0.25) is 11.7 Å². The summed E-state index contributed by atoms with van der Waals surface area (Å²) in [6, 6.07) is 7.97. The van der Waals surface area contributed by atoms with Gasteiger partial charge in [-0.2, -0.15) is 9.49 Å². The number of hydrogen-bond acceptors (Lipinski definition) is 9. The second-order valence-electron chi connectivity index (χ2n) is 9.49. The summed E-state index contributed by atoms with van der Waals surface area (Å²) in [5.41, 5.74) is 8.21. The van der Waals surface area contributed by atoms with E-state index in [0.717, 1.165) is 16.7 Å². The van der Waals surface area contributed by atoms with Crippen molar-refractivity contribution in [2.45, 2.75) is 32.5 Å². The number of benzene rings is 1. The first kappa shape index (κ1) is 27.4. The molecule has 204 valence electrons. The molecule has 1 saturated heterocycles. The van der Waals surface area contributed by atoms with Crippen molar-refractivity contribution in [2.24, 2.45) is 11.7 Å². The van der Waals surface area contributed by atoms with Crippen LogP contribution in [0.4, 0.5) is 16.0 Å². The van der Waals surface area contributed by atoms with Crippen LogP contribution >= 0.6 is 0 Å². The number of likely N-dealkylation sites (tertiary alicyclic amines) is 1. The van der Waals surface area contributed by atoms with Crippen molar-refractivity contribution >= 4 is 17.5 Å². The van der Waals surface area contributed by atoms with E-state index in [9.17, 15) is 9.90 Å². The Balaban J connectivity index is 1.38. The first-order valence-corrected chi connectivity index (χ1v) is 12.8. The molecular weight excluding hydrogens is 491 g/mol. The SMILES string of the molecule is CCN(Cc1ccc(-c2cnn(CCO)c2)cc1)c1ncnc(NC[C@@H]2CCN(CC(N)=O)C[C@H]2O)c1F. The third-order valence-corrected chi connectivity index (χ3v) is 6.79. The summed E-state index contributed by atoms with van der Waals surface area (Å²) in [7, 11) is 0. The average molecular weight is 527 g/mol. The molecule has 0 aliphatic carbocycles. The van der Waals surface area contributed by atoms with E-state index < -0.39 is 17.8 Å². The number of halogens is 1. The van der Waals surface area contributed by atoms with Gasteiger partial charge in [-0.15, -0.1) is 0 Å². The highest BCUT2D eigenvalue weighted by atomic mass is 19.1. The molecule has 0 bridgehead atoms. The second-order valence-corrected chi connectivity index (χ2v) is 9.49. The molecule has 0 spiro atoms. The Bertz CT molecular complexity index is 1210. The number of piperidine rings is 1. The quantitative estimate of drug-likeness (QED) is 0.272. The van der Waals surface area contributed by atoms with Gasteiger partial charge in [0.1, 0.15) is 6.33 Å². The Morgan fingerprint density at radius 1 is 1.26 bits per heavy atom. The van der Waals surface area contributed by atoms with Gasteiger partial charge in [-0.1, -0.05) is 24.3 Å². The zero-order chi connectivity index (χ0) is 27.1. The van der Waals surface area contributed by atoms with E-state index in [1.165, 1.54) is 6.33 Å². The van der Waals surface area contributed by atoms with Crippen LogP contribution in [-0.4, -0.2) is 86.2 Å². The number of primary amides is 1. The number of β-amino-alcohol motifs (C(OH)–C–C–N with tert-alkyl or cyclic N) is 1.